The summed E-state index contributed by atoms with van der Waals surface area (Å²) < 4.78 is 2.35. The molecule has 2 aromatic rings. The first kappa shape index (κ1) is 18.4. The van der Waals surface area contributed by atoms with Crippen molar-refractivity contribution >= 4 is 0 Å². The van der Waals surface area contributed by atoms with Crippen molar-refractivity contribution in [3.8, 4) is 5.75 Å². The zero-order valence-corrected chi connectivity index (χ0v) is 16.6. The fourth-order valence-corrected chi connectivity index (χ4v) is 4.20. The van der Waals surface area contributed by atoms with Crippen LogP contribution in [0.4, 0.5) is 0 Å². The van der Waals surface area contributed by atoms with Crippen LogP contribution in [-0.4, -0.2) is 55.8 Å². The topological polar surface area (TPSA) is 57.4 Å². The third-order valence-corrected chi connectivity index (χ3v) is 6.10. The molecule has 6 heteroatoms. The Morgan fingerprint density at radius 2 is 1.56 bits per heavy atom. The quantitative estimate of drug-likeness (QED) is 0.898. The molecule has 1 aromatic heterocycles. The Kier molecular flexibility index (Phi) is 5.45. The molecule has 1 fully saturated rings. The first-order valence-corrected chi connectivity index (χ1v) is 10.2. The summed E-state index contributed by atoms with van der Waals surface area (Å²) in [7, 11) is 0. The average molecular weight is 370 g/mol. The van der Waals surface area contributed by atoms with Crippen LogP contribution >= 0.6 is 0 Å². The molecule has 27 heavy (non-hydrogen) atoms. The summed E-state index contributed by atoms with van der Waals surface area (Å²) in [5.74, 6) is 2.73. The van der Waals surface area contributed by atoms with Gasteiger partial charge in [-0.1, -0.05) is 12.5 Å². The SMILES string of the molecule is Cc1cc(O)c(CN2CCN(Cc3nnc4n3CCCCC4)CC2)cc1C. The number of aromatic hydroxyl groups is 1. The maximum Gasteiger partial charge on any atom is 0.147 e. The molecule has 2 aliphatic heterocycles. The normalized spacial score (nSPS) is 19.0. The summed E-state index contributed by atoms with van der Waals surface area (Å²) in [6, 6.07) is 4.01. The minimum atomic E-state index is 0.423. The molecule has 0 spiro atoms. The number of fused-ring (bicyclic) bond motifs is 1. The van der Waals surface area contributed by atoms with Crippen molar-refractivity contribution in [3.05, 3.63) is 40.5 Å². The summed E-state index contributed by atoms with van der Waals surface area (Å²) >= 11 is 0. The molecule has 0 bridgehead atoms. The second-order valence-electron chi connectivity index (χ2n) is 8.11. The highest BCUT2D eigenvalue weighted by Crippen LogP contribution is 2.24. The second kappa shape index (κ2) is 7.98. The van der Waals surface area contributed by atoms with E-state index in [1.807, 2.05) is 13.0 Å². The molecule has 0 aliphatic carbocycles. The van der Waals surface area contributed by atoms with Crippen LogP contribution in [0.1, 0.15) is 47.6 Å². The standard InChI is InChI=1S/C21H31N5O/c1-16-12-18(19(27)13-17(16)2)14-24-8-10-25(11-9-24)15-21-23-22-20-6-4-3-5-7-26(20)21/h12-13,27H,3-11,14-15H2,1-2H3. The minimum absolute atomic E-state index is 0.423. The van der Waals surface area contributed by atoms with E-state index in [1.54, 1.807) is 0 Å². The van der Waals surface area contributed by atoms with Crippen LogP contribution in [0.25, 0.3) is 0 Å². The van der Waals surface area contributed by atoms with Gasteiger partial charge >= 0.3 is 0 Å². The van der Waals surface area contributed by atoms with Gasteiger partial charge in [-0.05, 0) is 43.9 Å². The van der Waals surface area contributed by atoms with Gasteiger partial charge in [0.2, 0.25) is 0 Å². The van der Waals surface area contributed by atoms with Crippen molar-refractivity contribution in [1.29, 1.82) is 0 Å². The first-order valence-electron chi connectivity index (χ1n) is 10.2. The van der Waals surface area contributed by atoms with E-state index in [0.717, 1.165) is 69.2 Å². The highest BCUT2D eigenvalue weighted by Gasteiger charge is 2.21. The number of aryl methyl sites for hydroxylation is 3. The molecule has 1 N–H and O–H groups in total. The van der Waals surface area contributed by atoms with Gasteiger partial charge in [0.05, 0.1) is 6.54 Å². The summed E-state index contributed by atoms with van der Waals surface area (Å²) in [5, 5.41) is 19.2. The van der Waals surface area contributed by atoms with Crippen molar-refractivity contribution in [2.45, 2.75) is 59.2 Å². The molecule has 1 saturated heterocycles. The van der Waals surface area contributed by atoms with Crippen molar-refractivity contribution in [1.82, 2.24) is 24.6 Å². The van der Waals surface area contributed by atoms with Crippen LogP contribution in [0.5, 0.6) is 5.75 Å². The van der Waals surface area contributed by atoms with Crippen LogP contribution in [0.3, 0.4) is 0 Å². The van der Waals surface area contributed by atoms with Gasteiger partial charge in [0.25, 0.3) is 0 Å². The minimum Gasteiger partial charge on any atom is -0.508 e. The van der Waals surface area contributed by atoms with Crippen molar-refractivity contribution in [2.24, 2.45) is 0 Å². The Hall–Kier alpha value is -1.92. The monoisotopic (exact) mass is 369 g/mol. The average Bonchev–Trinajstić information content (AvgIpc) is 2.88. The highest BCUT2D eigenvalue weighted by molar-refractivity contribution is 5.40. The van der Waals surface area contributed by atoms with E-state index in [2.05, 4.69) is 37.6 Å². The van der Waals surface area contributed by atoms with Crippen LogP contribution in [-0.2, 0) is 26.1 Å². The van der Waals surface area contributed by atoms with E-state index in [-0.39, 0.29) is 0 Å². The lowest BCUT2D eigenvalue weighted by Crippen LogP contribution is -2.45. The summed E-state index contributed by atoms with van der Waals surface area (Å²) in [6.07, 6.45) is 4.85. The summed E-state index contributed by atoms with van der Waals surface area (Å²) in [4.78, 5) is 4.92. The molecule has 6 nitrogen and oxygen atoms in total. The van der Waals surface area contributed by atoms with E-state index in [9.17, 15) is 5.11 Å². The van der Waals surface area contributed by atoms with Gasteiger partial charge in [-0.15, -0.1) is 10.2 Å². The Balaban J connectivity index is 1.33. The van der Waals surface area contributed by atoms with Gasteiger partial charge in [-0.3, -0.25) is 9.80 Å². The molecule has 2 aliphatic rings. The zero-order valence-electron chi connectivity index (χ0n) is 16.6. The number of phenols is 1. The van der Waals surface area contributed by atoms with E-state index in [1.165, 1.54) is 30.7 Å². The molecule has 0 atom stereocenters. The van der Waals surface area contributed by atoms with Crippen molar-refractivity contribution < 1.29 is 5.11 Å². The number of piperazine rings is 1. The number of aromatic nitrogens is 3. The van der Waals surface area contributed by atoms with E-state index >= 15 is 0 Å². The largest absolute Gasteiger partial charge is 0.508 e. The molecular formula is C21H31N5O. The first-order chi connectivity index (χ1) is 13.1. The molecule has 0 radical (unpaired) electrons. The predicted molar refractivity (Wildman–Crippen MR) is 106 cm³/mol. The van der Waals surface area contributed by atoms with E-state index in [4.69, 9.17) is 0 Å². The van der Waals surface area contributed by atoms with Gasteiger partial charge in [0, 0.05) is 51.3 Å². The van der Waals surface area contributed by atoms with E-state index in [0.29, 0.717) is 5.75 Å². The molecule has 1 aromatic carbocycles. The van der Waals surface area contributed by atoms with Crippen molar-refractivity contribution in [3.63, 3.8) is 0 Å². The van der Waals surface area contributed by atoms with Gasteiger partial charge < -0.3 is 9.67 Å². The highest BCUT2D eigenvalue weighted by atomic mass is 16.3. The summed E-state index contributed by atoms with van der Waals surface area (Å²) in [6.45, 7) is 11.1. The molecule has 3 heterocycles. The van der Waals surface area contributed by atoms with Gasteiger partial charge in [0.1, 0.15) is 17.4 Å². The third-order valence-electron chi connectivity index (χ3n) is 6.10. The maximum atomic E-state index is 10.3. The Bertz CT molecular complexity index is 792. The lowest BCUT2D eigenvalue weighted by atomic mass is 10.0. The molecule has 0 unspecified atom stereocenters. The van der Waals surface area contributed by atoms with Crippen LogP contribution in [0.15, 0.2) is 12.1 Å². The van der Waals surface area contributed by atoms with Crippen LogP contribution in [0.2, 0.25) is 0 Å². The van der Waals surface area contributed by atoms with Gasteiger partial charge in [-0.25, -0.2) is 0 Å². The number of benzene rings is 1. The molecule has 146 valence electrons. The second-order valence-corrected chi connectivity index (χ2v) is 8.11. The Morgan fingerprint density at radius 3 is 2.33 bits per heavy atom. The Labute approximate surface area is 161 Å². The number of hydrogen-bond acceptors (Lipinski definition) is 5. The molecule has 4 rings (SSSR count). The lowest BCUT2D eigenvalue weighted by Gasteiger charge is -2.34. The molecule has 0 saturated carbocycles. The number of nitrogens with zero attached hydrogens (tertiary/aromatic N) is 5. The molecular weight excluding hydrogens is 338 g/mol. The van der Waals surface area contributed by atoms with Crippen LogP contribution in [0, 0.1) is 13.8 Å². The fraction of sp³-hybridized carbons (Fsp3) is 0.619. The zero-order chi connectivity index (χ0) is 18.8. The van der Waals surface area contributed by atoms with E-state index < -0.39 is 0 Å². The van der Waals surface area contributed by atoms with Crippen LogP contribution < -0.4 is 0 Å². The number of rotatable bonds is 4. The third kappa shape index (κ3) is 4.17. The predicted octanol–water partition coefficient (Wildman–Crippen LogP) is 2.64. The maximum absolute atomic E-state index is 10.3. The van der Waals surface area contributed by atoms with Crippen molar-refractivity contribution in [2.75, 3.05) is 26.2 Å². The molecule has 0 amide bonds. The van der Waals surface area contributed by atoms with Gasteiger partial charge in [-0.2, -0.15) is 0 Å². The smallest absolute Gasteiger partial charge is 0.147 e. The summed E-state index contributed by atoms with van der Waals surface area (Å²) in [5.41, 5.74) is 3.43. The Morgan fingerprint density at radius 1 is 0.852 bits per heavy atom. The fourth-order valence-electron chi connectivity index (χ4n) is 4.20. The van der Waals surface area contributed by atoms with Gasteiger partial charge in [0.15, 0.2) is 0 Å². The lowest BCUT2D eigenvalue weighted by molar-refractivity contribution is 0.118. The number of hydrogen-bond donors (Lipinski definition) is 1. The number of phenolic OH excluding ortho intramolecular Hbond substituents is 1.